The number of imidazole rings is 1. The first kappa shape index (κ1) is 23.3. The Hall–Kier alpha value is -3.49. The van der Waals surface area contributed by atoms with E-state index in [1.54, 1.807) is 30.4 Å². The van der Waals surface area contributed by atoms with Crippen LogP contribution in [0.2, 0.25) is 5.02 Å². The van der Waals surface area contributed by atoms with Crippen LogP contribution in [0.4, 0.5) is 5.13 Å². The highest BCUT2D eigenvalue weighted by Gasteiger charge is 2.29. The molecule has 1 amide bonds. The molecule has 7 nitrogen and oxygen atoms in total. The Kier molecular flexibility index (Phi) is 6.66. The fraction of sp³-hybridized carbons (Fsp3) is 0.231. The highest BCUT2D eigenvalue weighted by molar-refractivity contribution is 7.22. The first-order chi connectivity index (χ1) is 17.0. The zero-order chi connectivity index (χ0) is 24.4. The lowest BCUT2D eigenvalue weighted by Gasteiger charge is -2.20. The van der Waals surface area contributed by atoms with Crippen molar-refractivity contribution >= 4 is 44.2 Å². The van der Waals surface area contributed by atoms with Crippen LogP contribution in [0.3, 0.4) is 0 Å². The average molecular weight is 506 g/mol. The van der Waals surface area contributed by atoms with Crippen LogP contribution in [0.25, 0.3) is 21.5 Å². The largest absolute Gasteiger partial charge is 0.360 e. The third-order valence-corrected chi connectivity index (χ3v) is 7.26. The van der Waals surface area contributed by atoms with Gasteiger partial charge in [0.15, 0.2) is 5.13 Å². The monoisotopic (exact) mass is 505 g/mol. The van der Waals surface area contributed by atoms with Crippen molar-refractivity contribution in [2.75, 3.05) is 11.4 Å². The van der Waals surface area contributed by atoms with Crippen LogP contribution in [-0.4, -0.2) is 32.1 Å². The summed E-state index contributed by atoms with van der Waals surface area (Å²) in [6, 6.07) is 13.6. The molecule has 0 fully saturated rings. The Bertz CT molecular complexity index is 1470. The Labute approximate surface area is 212 Å². The van der Waals surface area contributed by atoms with Crippen molar-refractivity contribution in [1.82, 2.24) is 19.7 Å². The Morgan fingerprint density at radius 2 is 2.09 bits per heavy atom. The van der Waals surface area contributed by atoms with Gasteiger partial charge in [-0.15, -0.1) is 0 Å². The van der Waals surface area contributed by atoms with Crippen molar-refractivity contribution in [3.8, 4) is 11.3 Å². The van der Waals surface area contributed by atoms with Gasteiger partial charge in [0.25, 0.3) is 5.91 Å². The van der Waals surface area contributed by atoms with E-state index in [0.717, 1.165) is 29.6 Å². The van der Waals surface area contributed by atoms with Crippen molar-refractivity contribution < 1.29 is 9.32 Å². The number of benzene rings is 2. The van der Waals surface area contributed by atoms with Crippen molar-refractivity contribution in [3.05, 3.63) is 83.1 Å². The third kappa shape index (κ3) is 4.72. The molecule has 178 valence electrons. The summed E-state index contributed by atoms with van der Waals surface area (Å²) in [6.45, 7) is 5.08. The lowest BCUT2D eigenvalue weighted by molar-refractivity contribution is 0.0985. The van der Waals surface area contributed by atoms with Gasteiger partial charge in [-0.3, -0.25) is 9.69 Å². The molecule has 0 unspecified atom stereocenters. The van der Waals surface area contributed by atoms with Gasteiger partial charge in [-0.1, -0.05) is 59.3 Å². The van der Waals surface area contributed by atoms with Gasteiger partial charge in [0.05, 0.1) is 21.6 Å². The molecule has 5 aromatic rings. The number of carbonyl (C=O) groups excluding carboxylic acids is 1. The van der Waals surface area contributed by atoms with E-state index in [4.69, 9.17) is 21.1 Å². The molecule has 35 heavy (non-hydrogen) atoms. The number of aryl methyl sites for hydroxylation is 3. The summed E-state index contributed by atoms with van der Waals surface area (Å²) in [5.41, 5.74) is 3.61. The Morgan fingerprint density at radius 3 is 2.86 bits per heavy atom. The second-order valence-electron chi connectivity index (χ2n) is 8.21. The van der Waals surface area contributed by atoms with E-state index < -0.39 is 0 Å². The molecule has 3 heterocycles. The van der Waals surface area contributed by atoms with E-state index in [9.17, 15) is 4.79 Å². The average Bonchev–Trinajstić information content (AvgIpc) is 3.61. The minimum absolute atomic E-state index is 0.209. The zero-order valence-electron chi connectivity index (χ0n) is 19.4. The lowest BCUT2D eigenvalue weighted by atomic mass is 10.1. The summed E-state index contributed by atoms with van der Waals surface area (Å²) in [6.07, 6.45) is 7.10. The minimum atomic E-state index is -0.209. The van der Waals surface area contributed by atoms with Gasteiger partial charge in [-0.05, 0) is 43.5 Å². The molecule has 2 aromatic carbocycles. The van der Waals surface area contributed by atoms with E-state index in [-0.39, 0.29) is 5.91 Å². The standard InChI is InChI=1S/C26H24ClN5O2S/c1-3-18-9-10-21-22(15-18)35-26(29-21)32(13-6-12-31-14-11-28-16-31)25(33)23-17(2)34-30-24(23)19-7-4-5-8-20(19)27/h4-5,7-11,14-16H,3,6,12-13H2,1-2H3. The van der Waals surface area contributed by atoms with Crippen molar-refractivity contribution in [3.63, 3.8) is 0 Å². The number of aromatic nitrogens is 4. The van der Waals surface area contributed by atoms with Gasteiger partial charge in [0, 0.05) is 31.0 Å². The van der Waals surface area contributed by atoms with Crippen LogP contribution < -0.4 is 4.90 Å². The molecule has 0 N–H and O–H groups in total. The quantitative estimate of drug-likeness (QED) is 0.243. The second kappa shape index (κ2) is 10.0. The molecular formula is C26H24ClN5O2S. The van der Waals surface area contributed by atoms with E-state index in [1.165, 1.54) is 16.9 Å². The maximum atomic E-state index is 14.1. The second-order valence-corrected chi connectivity index (χ2v) is 9.62. The van der Waals surface area contributed by atoms with Gasteiger partial charge in [-0.2, -0.15) is 0 Å². The summed E-state index contributed by atoms with van der Waals surface area (Å²) >= 11 is 7.96. The topological polar surface area (TPSA) is 77.1 Å². The fourth-order valence-corrected chi connectivity index (χ4v) is 5.28. The molecule has 0 radical (unpaired) electrons. The van der Waals surface area contributed by atoms with E-state index in [1.807, 2.05) is 35.0 Å². The van der Waals surface area contributed by atoms with Crippen LogP contribution in [0, 0.1) is 6.92 Å². The number of thiazole rings is 1. The molecule has 0 aliphatic carbocycles. The molecule has 0 saturated carbocycles. The molecule has 3 aromatic heterocycles. The lowest BCUT2D eigenvalue weighted by Crippen LogP contribution is -2.33. The van der Waals surface area contributed by atoms with Gasteiger partial charge >= 0.3 is 0 Å². The van der Waals surface area contributed by atoms with Gasteiger partial charge in [-0.25, -0.2) is 9.97 Å². The van der Waals surface area contributed by atoms with Gasteiger partial charge in [0.2, 0.25) is 0 Å². The zero-order valence-corrected chi connectivity index (χ0v) is 21.0. The number of amides is 1. The van der Waals surface area contributed by atoms with Gasteiger partial charge in [0.1, 0.15) is 17.0 Å². The summed E-state index contributed by atoms with van der Waals surface area (Å²) < 4.78 is 8.53. The number of carbonyl (C=O) groups is 1. The van der Waals surface area contributed by atoms with Crippen LogP contribution in [0.5, 0.6) is 0 Å². The number of halogens is 1. The molecule has 5 rings (SSSR count). The highest BCUT2D eigenvalue weighted by atomic mass is 35.5. The van der Waals surface area contributed by atoms with Crippen molar-refractivity contribution in [2.24, 2.45) is 0 Å². The van der Waals surface area contributed by atoms with Crippen LogP contribution in [-0.2, 0) is 13.0 Å². The fourth-order valence-electron chi connectivity index (χ4n) is 4.00. The number of fused-ring (bicyclic) bond motifs is 1. The number of rotatable bonds is 8. The minimum Gasteiger partial charge on any atom is -0.360 e. The number of hydrogen-bond acceptors (Lipinski definition) is 6. The number of hydrogen-bond donors (Lipinski definition) is 0. The Morgan fingerprint density at radius 1 is 1.23 bits per heavy atom. The summed E-state index contributed by atoms with van der Waals surface area (Å²) in [5, 5.41) is 5.35. The number of anilines is 1. The SMILES string of the molecule is CCc1ccc2nc(N(CCCn3ccnc3)C(=O)c3c(-c4ccccc4Cl)noc3C)sc2c1. The highest BCUT2D eigenvalue weighted by Crippen LogP contribution is 2.35. The first-order valence-electron chi connectivity index (χ1n) is 11.4. The van der Waals surface area contributed by atoms with Crippen molar-refractivity contribution in [2.45, 2.75) is 33.2 Å². The maximum Gasteiger partial charge on any atom is 0.265 e. The van der Waals surface area contributed by atoms with Crippen molar-refractivity contribution in [1.29, 1.82) is 0 Å². The van der Waals surface area contributed by atoms with E-state index in [0.29, 0.717) is 39.3 Å². The van der Waals surface area contributed by atoms with Gasteiger partial charge < -0.3 is 9.09 Å². The molecule has 0 spiro atoms. The third-order valence-electron chi connectivity index (χ3n) is 5.89. The molecular weight excluding hydrogens is 482 g/mol. The molecule has 0 aliphatic rings. The van der Waals surface area contributed by atoms with Crippen LogP contribution >= 0.6 is 22.9 Å². The Balaban J connectivity index is 1.54. The first-order valence-corrected chi connectivity index (χ1v) is 12.6. The number of nitrogens with zero attached hydrogens (tertiary/aromatic N) is 5. The predicted octanol–water partition coefficient (Wildman–Crippen LogP) is 6.41. The molecule has 9 heteroatoms. The van der Waals surface area contributed by atoms with Crippen LogP contribution in [0.15, 0.2) is 65.7 Å². The summed E-state index contributed by atoms with van der Waals surface area (Å²) in [4.78, 5) is 24.7. The molecule has 0 bridgehead atoms. The molecule has 0 saturated heterocycles. The normalized spacial score (nSPS) is 11.3. The molecule has 0 aliphatic heterocycles. The summed E-state index contributed by atoms with van der Waals surface area (Å²) in [5.74, 6) is 0.234. The predicted molar refractivity (Wildman–Crippen MR) is 139 cm³/mol. The smallest absolute Gasteiger partial charge is 0.265 e. The summed E-state index contributed by atoms with van der Waals surface area (Å²) in [7, 11) is 0. The van der Waals surface area contributed by atoms with E-state index in [2.05, 4.69) is 29.2 Å². The molecule has 0 atom stereocenters. The van der Waals surface area contributed by atoms with E-state index >= 15 is 0 Å². The van der Waals surface area contributed by atoms with Crippen LogP contribution in [0.1, 0.15) is 35.0 Å². The maximum absolute atomic E-state index is 14.1.